The van der Waals surface area contributed by atoms with Crippen molar-refractivity contribution in [3.05, 3.63) is 11.3 Å². The molecule has 0 amide bonds. The van der Waals surface area contributed by atoms with Crippen LogP contribution in [-0.4, -0.2) is 25.0 Å². The highest BCUT2D eigenvalue weighted by atomic mass is 16.5. The lowest BCUT2D eigenvalue weighted by Crippen LogP contribution is -2.06. The van der Waals surface area contributed by atoms with Crippen molar-refractivity contribution in [3.8, 4) is 0 Å². The number of hydrogen-bond acceptors (Lipinski definition) is 4. The Kier molecular flexibility index (Phi) is 3.68. The molecule has 0 aliphatic carbocycles. The highest BCUT2D eigenvalue weighted by Crippen LogP contribution is 2.22. The first-order valence-corrected chi connectivity index (χ1v) is 4.72. The van der Waals surface area contributed by atoms with Crippen LogP contribution in [0.15, 0.2) is 11.3 Å². The van der Waals surface area contributed by atoms with E-state index in [2.05, 4.69) is 0 Å². The number of ketones is 1. The van der Waals surface area contributed by atoms with Gasteiger partial charge in [-0.25, -0.2) is 0 Å². The van der Waals surface area contributed by atoms with Crippen molar-refractivity contribution in [1.29, 1.82) is 0 Å². The van der Waals surface area contributed by atoms with Crippen LogP contribution >= 0.6 is 0 Å². The number of ether oxygens (including phenoxy) is 2. The van der Waals surface area contributed by atoms with Crippen LogP contribution in [0.2, 0.25) is 0 Å². The number of esters is 1. The molecule has 0 radical (unpaired) electrons. The molecule has 0 atom stereocenters. The van der Waals surface area contributed by atoms with Crippen molar-refractivity contribution in [2.24, 2.45) is 0 Å². The molecule has 1 aliphatic heterocycles. The van der Waals surface area contributed by atoms with Crippen molar-refractivity contribution in [3.63, 3.8) is 0 Å². The van der Waals surface area contributed by atoms with Gasteiger partial charge in [-0.15, -0.1) is 0 Å². The quantitative estimate of drug-likeness (QED) is 0.637. The molecule has 4 heteroatoms. The third kappa shape index (κ3) is 2.34. The van der Waals surface area contributed by atoms with Crippen molar-refractivity contribution in [2.45, 2.75) is 26.7 Å². The molecule has 1 rings (SSSR count). The standard InChI is InChI=1S/C10H14O4/c1-3-7-8(11)6-14-9(7)5-10(12)13-4-2/h3-6H2,1-2H3. The van der Waals surface area contributed by atoms with Crippen molar-refractivity contribution in [2.75, 3.05) is 13.2 Å². The molecule has 0 saturated carbocycles. The average molecular weight is 198 g/mol. The smallest absolute Gasteiger partial charge is 0.313 e. The van der Waals surface area contributed by atoms with Crippen molar-refractivity contribution in [1.82, 2.24) is 0 Å². The average Bonchev–Trinajstić information content (AvgIpc) is 2.47. The molecule has 78 valence electrons. The van der Waals surface area contributed by atoms with Gasteiger partial charge >= 0.3 is 5.97 Å². The Balaban J connectivity index is 2.63. The molecular weight excluding hydrogens is 184 g/mol. The molecule has 0 aromatic heterocycles. The highest BCUT2D eigenvalue weighted by Gasteiger charge is 2.24. The molecule has 0 saturated heterocycles. The van der Waals surface area contributed by atoms with Gasteiger partial charge in [0.1, 0.15) is 12.2 Å². The number of rotatable bonds is 4. The zero-order valence-electron chi connectivity index (χ0n) is 8.46. The van der Waals surface area contributed by atoms with Crippen molar-refractivity contribution >= 4 is 11.8 Å². The van der Waals surface area contributed by atoms with E-state index in [4.69, 9.17) is 9.47 Å². The molecule has 4 nitrogen and oxygen atoms in total. The highest BCUT2D eigenvalue weighted by molar-refractivity contribution is 5.99. The summed E-state index contributed by atoms with van der Waals surface area (Å²) in [6.07, 6.45) is 0.677. The molecule has 0 bridgehead atoms. The van der Waals surface area contributed by atoms with E-state index in [1.807, 2.05) is 6.92 Å². The van der Waals surface area contributed by atoms with E-state index in [0.717, 1.165) is 0 Å². The molecule has 0 fully saturated rings. The molecule has 1 heterocycles. The maximum absolute atomic E-state index is 11.2. The minimum Gasteiger partial charge on any atom is -0.489 e. The topological polar surface area (TPSA) is 52.6 Å². The Bertz CT molecular complexity index is 278. The predicted octanol–water partition coefficient (Wildman–Crippen LogP) is 1.20. The molecule has 0 spiro atoms. The minimum atomic E-state index is -0.344. The van der Waals surface area contributed by atoms with Crippen LogP contribution in [0.3, 0.4) is 0 Å². The van der Waals surface area contributed by atoms with Gasteiger partial charge in [0.2, 0.25) is 0 Å². The fourth-order valence-electron chi connectivity index (χ4n) is 1.38. The van der Waals surface area contributed by atoms with Gasteiger partial charge in [-0.2, -0.15) is 0 Å². The van der Waals surface area contributed by atoms with Gasteiger partial charge < -0.3 is 9.47 Å². The van der Waals surface area contributed by atoms with Gasteiger partial charge in [-0.05, 0) is 13.3 Å². The molecule has 0 aromatic carbocycles. The van der Waals surface area contributed by atoms with Crippen LogP contribution < -0.4 is 0 Å². The van der Waals surface area contributed by atoms with Gasteiger partial charge in [-0.1, -0.05) is 6.92 Å². The van der Waals surface area contributed by atoms with E-state index in [1.54, 1.807) is 6.92 Å². The summed E-state index contributed by atoms with van der Waals surface area (Å²) >= 11 is 0. The number of carbonyl (C=O) groups excluding carboxylic acids is 2. The Morgan fingerprint density at radius 2 is 2.21 bits per heavy atom. The summed E-state index contributed by atoms with van der Waals surface area (Å²) in [7, 11) is 0. The van der Waals surface area contributed by atoms with Crippen LogP contribution in [0.1, 0.15) is 26.7 Å². The Morgan fingerprint density at radius 3 is 2.79 bits per heavy atom. The molecule has 0 N–H and O–H groups in total. The maximum atomic E-state index is 11.2. The summed E-state index contributed by atoms with van der Waals surface area (Å²) in [5.74, 6) is 0.117. The van der Waals surface area contributed by atoms with Crippen LogP contribution in [0.5, 0.6) is 0 Å². The van der Waals surface area contributed by atoms with Crippen LogP contribution in [0, 0.1) is 0 Å². The zero-order valence-corrected chi connectivity index (χ0v) is 8.46. The third-order valence-corrected chi connectivity index (χ3v) is 2.01. The number of carbonyl (C=O) groups is 2. The summed E-state index contributed by atoms with van der Waals surface area (Å²) in [5, 5.41) is 0. The largest absolute Gasteiger partial charge is 0.489 e. The first-order chi connectivity index (χ1) is 6.69. The van der Waals surface area contributed by atoms with E-state index in [-0.39, 0.29) is 24.8 Å². The zero-order chi connectivity index (χ0) is 10.6. The molecule has 0 unspecified atom stereocenters. The molecular formula is C10H14O4. The van der Waals surface area contributed by atoms with Gasteiger partial charge in [0.25, 0.3) is 0 Å². The first-order valence-electron chi connectivity index (χ1n) is 4.72. The Hall–Kier alpha value is -1.32. The van der Waals surface area contributed by atoms with Gasteiger partial charge in [0.15, 0.2) is 12.4 Å². The van der Waals surface area contributed by atoms with E-state index in [0.29, 0.717) is 24.4 Å². The second-order valence-corrected chi connectivity index (χ2v) is 2.95. The van der Waals surface area contributed by atoms with Gasteiger partial charge in [0, 0.05) is 5.57 Å². The second-order valence-electron chi connectivity index (χ2n) is 2.95. The lowest BCUT2D eigenvalue weighted by atomic mass is 10.1. The Morgan fingerprint density at radius 1 is 1.50 bits per heavy atom. The van der Waals surface area contributed by atoms with Crippen LogP contribution in [-0.2, 0) is 19.1 Å². The molecule has 0 aromatic rings. The maximum Gasteiger partial charge on any atom is 0.313 e. The lowest BCUT2D eigenvalue weighted by molar-refractivity contribution is -0.143. The normalized spacial score (nSPS) is 15.7. The second kappa shape index (κ2) is 4.79. The van der Waals surface area contributed by atoms with Crippen molar-refractivity contribution < 1.29 is 19.1 Å². The van der Waals surface area contributed by atoms with E-state index < -0.39 is 0 Å². The SMILES string of the molecule is CCOC(=O)CC1=C(CC)C(=O)CO1. The van der Waals surface area contributed by atoms with Gasteiger partial charge in [-0.3, -0.25) is 9.59 Å². The minimum absolute atomic E-state index is 0.0215. The summed E-state index contributed by atoms with van der Waals surface area (Å²) in [5.41, 5.74) is 0.623. The first kappa shape index (κ1) is 10.8. The van der Waals surface area contributed by atoms with E-state index >= 15 is 0 Å². The summed E-state index contributed by atoms with van der Waals surface area (Å²) in [6.45, 7) is 4.03. The van der Waals surface area contributed by atoms with Crippen LogP contribution in [0.25, 0.3) is 0 Å². The van der Waals surface area contributed by atoms with E-state index in [9.17, 15) is 9.59 Å². The summed E-state index contributed by atoms with van der Waals surface area (Å²) in [4.78, 5) is 22.3. The van der Waals surface area contributed by atoms with E-state index in [1.165, 1.54) is 0 Å². The monoisotopic (exact) mass is 198 g/mol. The molecule has 1 aliphatic rings. The summed E-state index contributed by atoms with van der Waals surface area (Å²) in [6, 6.07) is 0. The Labute approximate surface area is 82.9 Å². The number of Topliss-reactive ketones (excluding diaryl/α,β-unsaturated/α-hetero) is 1. The fraction of sp³-hybridized carbons (Fsp3) is 0.600. The van der Waals surface area contributed by atoms with Gasteiger partial charge in [0.05, 0.1) is 6.61 Å². The summed E-state index contributed by atoms with van der Waals surface area (Å²) < 4.78 is 9.88. The predicted molar refractivity (Wildman–Crippen MR) is 49.5 cm³/mol. The molecule has 14 heavy (non-hydrogen) atoms. The lowest BCUT2D eigenvalue weighted by Gasteiger charge is -2.03. The fourth-order valence-corrected chi connectivity index (χ4v) is 1.38. The third-order valence-electron chi connectivity index (χ3n) is 2.01. The number of hydrogen-bond donors (Lipinski definition) is 0. The van der Waals surface area contributed by atoms with Crippen LogP contribution in [0.4, 0.5) is 0 Å².